The van der Waals surface area contributed by atoms with Gasteiger partial charge in [0, 0.05) is 11.8 Å². The van der Waals surface area contributed by atoms with Crippen molar-refractivity contribution in [2.75, 3.05) is 11.5 Å². The van der Waals surface area contributed by atoms with Crippen LogP contribution in [0.15, 0.2) is 18.2 Å². The molecule has 0 bridgehead atoms. The van der Waals surface area contributed by atoms with Crippen molar-refractivity contribution in [3.63, 3.8) is 0 Å². The Labute approximate surface area is 108 Å². The van der Waals surface area contributed by atoms with E-state index in [0.717, 1.165) is 5.56 Å². The minimum absolute atomic E-state index is 0.164. The van der Waals surface area contributed by atoms with Crippen molar-refractivity contribution in [1.82, 2.24) is 0 Å². The van der Waals surface area contributed by atoms with Crippen LogP contribution in [0.4, 0.5) is 4.39 Å². The van der Waals surface area contributed by atoms with E-state index in [2.05, 4.69) is 0 Å². The van der Waals surface area contributed by atoms with Crippen LogP contribution in [0.2, 0.25) is 0 Å². The van der Waals surface area contributed by atoms with Crippen LogP contribution in [0.3, 0.4) is 0 Å². The quantitative estimate of drug-likeness (QED) is 0.865. The fraction of sp³-hybridized carbons (Fsp3) is 0.538. The number of rotatable bonds is 6. The number of sulfone groups is 1. The van der Waals surface area contributed by atoms with E-state index in [-0.39, 0.29) is 23.4 Å². The molecule has 1 aromatic carbocycles. The molecule has 102 valence electrons. The van der Waals surface area contributed by atoms with Gasteiger partial charge in [-0.3, -0.25) is 0 Å². The zero-order valence-corrected chi connectivity index (χ0v) is 11.6. The van der Waals surface area contributed by atoms with E-state index in [0.29, 0.717) is 18.4 Å². The Hall–Kier alpha value is -0.940. The summed E-state index contributed by atoms with van der Waals surface area (Å²) in [6.07, 6.45) is 1.12. The van der Waals surface area contributed by atoms with Crippen molar-refractivity contribution in [2.45, 2.75) is 32.7 Å². The van der Waals surface area contributed by atoms with Crippen molar-refractivity contribution >= 4 is 9.84 Å². The maximum atomic E-state index is 13.1. The number of aryl methyl sites for hydroxylation is 1. The lowest BCUT2D eigenvalue weighted by Gasteiger charge is -2.12. The van der Waals surface area contributed by atoms with Gasteiger partial charge in [0.25, 0.3) is 0 Å². The first-order chi connectivity index (χ1) is 8.35. The van der Waals surface area contributed by atoms with E-state index < -0.39 is 9.84 Å². The van der Waals surface area contributed by atoms with E-state index in [9.17, 15) is 12.8 Å². The molecule has 2 N–H and O–H groups in total. The van der Waals surface area contributed by atoms with Crippen molar-refractivity contribution in [2.24, 2.45) is 5.73 Å². The van der Waals surface area contributed by atoms with Crippen LogP contribution in [-0.4, -0.2) is 19.9 Å². The summed E-state index contributed by atoms with van der Waals surface area (Å²) in [4.78, 5) is 0. The number of hydrogen-bond acceptors (Lipinski definition) is 3. The van der Waals surface area contributed by atoms with Gasteiger partial charge in [0.05, 0.1) is 5.75 Å². The third kappa shape index (κ3) is 4.38. The van der Waals surface area contributed by atoms with Gasteiger partial charge in [0.1, 0.15) is 15.7 Å². The third-order valence-corrected chi connectivity index (χ3v) is 4.81. The van der Waals surface area contributed by atoms with Crippen molar-refractivity contribution in [3.05, 3.63) is 35.1 Å². The second kappa shape index (κ2) is 6.29. The molecule has 18 heavy (non-hydrogen) atoms. The smallest absolute Gasteiger partial charge is 0.150 e. The van der Waals surface area contributed by atoms with Crippen molar-refractivity contribution in [3.8, 4) is 0 Å². The lowest BCUT2D eigenvalue weighted by atomic mass is 10.0. The number of hydrogen-bond donors (Lipinski definition) is 1. The predicted molar refractivity (Wildman–Crippen MR) is 71.6 cm³/mol. The molecule has 1 unspecified atom stereocenters. The Balaban J connectivity index is 2.55. The van der Waals surface area contributed by atoms with Crippen molar-refractivity contribution in [1.29, 1.82) is 0 Å². The third-order valence-electron chi connectivity index (χ3n) is 3.02. The van der Waals surface area contributed by atoms with Crippen LogP contribution >= 0.6 is 0 Å². The Bertz CT molecular complexity index is 500. The van der Waals surface area contributed by atoms with E-state index in [1.807, 2.05) is 0 Å². The molecule has 0 saturated heterocycles. The number of halogens is 1. The van der Waals surface area contributed by atoms with Crippen LogP contribution < -0.4 is 5.73 Å². The lowest BCUT2D eigenvalue weighted by molar-refractivity contribution is 0.582. The predicted octanol–water partition coefficient (Wildman–Crippen LogP) is 2.35. The van der Waals surface area contributed by atoms with Crippen LogP contribution in [0.5, 0.6) is 0 Å². The standard InChI is InChI=1S/C13H20FNO2S/c1-3-18(16,17)8-4-5-13(15)11-6-7-12(14)10(2)9-11/h6-7,9,13H,3-5,8,15H2,1-2H3. The summed E-state index contributed by atoms with van der Waals surface area (Å²) in [6.45, 7) is 3.33. The summed E-state index contributed by atoms with van der Waals surface area (Å²) in [5.41, 5.74) is 7.38. The highest BCUT2D eigenvalue weighted by atomic mass is 32.2. The molecule has 0 fully saturated rings. The number of benzene rings is 1. The van der Waals surface area contributed by atoms with Gasteiger partial charge in [0.15, 0.2) is 0 Å². The second-order valence-corrected chi connectivity index (χ2v) is 6.97. The highest BCUT2D eigenvalue weighted by molar-refractivity contribution is 7.91. The molecule has 0 saturated carbocycles. The summed E-state index contributed by atoms with van der Waals surface area (Å²) in [7, 11) is -2.93. The lowest BCUT2D eigenvalue weighted by Crippen LogP contribution is -2.14. The van der Waals surface area contributed by atoms with Gasteiger partial charge in [0.2, 0.25) is 0 Å². The molecular weight excluding hydrogens is 253 g/mol. The molecule has 0 aliphatic heterocycles. The average Bonchev–Trinajstić information content (AvgIpc) is 2.32. The Kier molecular flexibility index (Phi) is 5.28. The van der Waals surface area contributed by atoms with Gasteiger partial charge < -0.3 is 5.73 Å². The van der Waals surface area contributed by atoms with Gasteiger partial charge in [-0.05, 0) is 37.0 Å². The number of nitrogens with two attached hydrogens (primary N) is 1. The summed E-state index contributed by atoms with van der Waals surface area (Å²) < 4.78 is 35.7. The van der Waals surface area contributed by atoms with Gasteiger partial charge >= 0.3 is 0 Å². The maximum Gasteiger partial charge on any atom is 0.150 e. The molecule has 5 heteroatoms. The summed E-state index contributed by atoms with van der Waals surface area (Å²) in [6, 6.07) is 4.53. The van der Waals surface area contributed by atoms with Crippen molar-refractivity contribution < 1.29 is 12.8 Å². The SMILES string of the molecule is CCS(=O)(=O)CCCC(N)c1ccc(F)c(C)c1. The monoisotopic (exact) mass is 273 g/mol. The van der Waals surface area contributed by atoms with Crippen LogP contribution in [-0.2, 0) is 9.84 Å². The first-order valence-corrected chi connectivity index (χ1v) is 7.90. The van der Waals surface area contributed by atoms with E-state index in [1.165, 1.54) is 6.07 Å². The molecule has 0 heterocycles. The zero-order valence-electron chi connectivity index (χ0n) is 10.8. The molecule has 3 nitrogen and oxygen atoms in total. The minimum Gasteiger partial charge on any atom is -0.324 e. The van der Waals surface area contributed by atoms with Crippen LogP contribution in [0.1, 0.15) is 36.9 Å². The van der Waals surface area contributed by atoms with E-state index in [1.54, 1.807) is 26.0 Å². The molecule has 0 spiro atoms. The van der Waals surface area contributed by atoms with Gasteiger partial charge in [-0.15, -0.1) is 0 Å². The first-order valence-electron chi connectivity index (χ1n) is 6.08. The van der Waals surface area contributed by atoms with Gasteiger partial charge in [-0.2, -0.15) is 0 Å². The topological polar surface area (TPSA) is 60.2 Å². The molecule has 0 amide bonds. The first kappa shape index (κ1) is 15.1. The summed E-state index contributed by atoms with van der Waals surface area (Å²) in [5, 5.41) is 0. The minimum atomic E-state index is -2.93. The average molecular weight is 273 g/mol. The van der Waals surface area contributed by atoms with Crippen LogP contribution in [0.25, 0.3) is 0 Å². The zero-order chi connectivity index (χ0) is 13.8. The van der Waals surface area contributed by atoms with E-state index in [4.69, 9.17) is 5.73 Å². The Morgan fingerprint density at radius 2 is 2.06 bits per heavy atom. The molecule has 0 aliphatic carbocycles. The van der Waals surface area contributed by atoms with Gasteiger partial charge in [-0.25, -0.2) is 12.8 Å². The molecule has 1 atom stereocenters. The van der Waals surface area contributed by atoms with Gasteiger partial charge in [-0.1, -0.05) is 19.1 Å². The molecule has 0 radical (unpaired) electrons. The molecule has 1 rings (SSSR count). The molecule has 0 aliphatic rings. The normalized spacial score (nSPS) is 13.6. The Morgan fingerprint density at radius 3 is 2.61 bits per heavy atom. The molecular formula is C13H20FNO2S. The fourth-order valence-corrected chi connectivity index (χ4v) is 2.63. The summed E-state index contributed by atoms with van der Waals surface area (Å²) in [5.74, 6) is 0.0782. The van der Waals surface area contributed by atoms with E-state index >= 15 is 0 Å². The van der Waals surface area contributed by atoms with Crippen LogP contribution in [0, 0.1) is 12.7 Å². The Morgan fingerprint density at radius 1 is 1.39 bits per heavy atom. The summed E-state index contributed by atoms with van der Waals surface area (Å²) >= 11 is 0. The molecule has 0 aromatic heterocycles. The highest BCUT2D eigenvalue weighted by Crippen LogP contribution is 2.19. The largest absolute Gasteiger partial charge is 0.324 e. The maximum absolute atomic E-state index is 13.1. The molecule has 1 aromatic rings. The second-order valence-electron chi connectivity index (χ2n) is 4.49. The fourth-order valence-electron chi connectivity index (χ4n) is 1.73. The highest BCUT2D eigenvalue weighted by Gasteiger charge is 2.11.